The number of hydrogen-bond acceptors (Lipinski definition) is 2. The molecule has 2 aromatic carbocycles. The van der Waals surface area contributed by atoms with E-state index in [1.165, 1.54) is 0 Å². The summed E-state index contributed by atoms with van der Waals surface area (Å²) in [5, 5.41) is 5.96. The van der Waals surface area contributed by atoms with Gasteiger partial charge >= 0.3 is 0 Å². The van der Waals surface area contributed by atoms with E-state index in [-0.39, 0.29) is 23.1 Å². The van der Waals surface area contributed by atoms with E-state index in [9.17, 15) is 9.59 Å². The largest absolute Gasteiger partial charge is 0.326 e. The third-order valence-electron chi connectivity index (χ3n) is 4.84. The number of para-hydroxylation sites is 2. The first-order chi connectivity index (χ1) is 12.3. The van der Waals surface area contributed by atoms with Gasteiger partial charge in [-0.2, -0.15) is 0 Å². The predicted molar refractivity (Wildman–Crippen MR) is 105 cm³/mol. The first-order valence-electron chi connectivity index (χ1n) is 9.13. The van der Waals surface area contributed by atoms with E-state index in [0.29, 0.717) is 19.3 Å². The molecule has 4 nitrogen and oxygen atoms in total. The molecule has 2 N–H and O–H groups in total. The minimum Gasteiger partial charge on any atom is -0.326 e. The van der Waals surface area contributed by atoms with Gasteiger partial charge in [0.25, 0.3) is 0 Å². The SMILES string of the molecule is CC(C)(C)c1ccccc1NC(=O)CCC1Cc2ccccc2NC1=O. The summed E-state index contributed by atoms with van der Waals surface area (Å²) in [6.45, 7) is 6.38. The van der Waals surface area contributed by atoms with Gasteiger partial charge < -0.3 is 10.6 Å². The maximum atomic E-state index is 12.4. The Balaban J connectivity index is 1.61. The smallest absolute Gasteiger partial charge is 0.227 e. The molecule has 0 aromatic heterocycles. The van der Waals surface area contributed by atoms with E-state index in [0.717, 1.165) is 22.5 Å². The number of nitrogens with one attached hydrogen (secondary N) is 2. The van der Waals surface area contributed by atoms with Crippen LogP contribution >= 0.6 is 0 Å². The third-order valence-corrected chi connectivity index (χ3v) is 4.84. The van der Waals surface area contributed by atoms with Gasteiger partial charge in [-0.1, -0.05) is 57.2 Å². The molecule has 0 radical (unpaired) electrons. The van der Waals surface area contributed by atoms with Crippen molar-refractivity contribution >= 4 is 23.2 Å². The molecule has 1 aliphatic rings. The van der Waals surface area contributed by atoms with E-state index in [4.69, 9.17) is 0 Å². The van der Waals surface area contributed by atoms with Crippen molar-refractivity contribution in [1.29, 1.82) is 0 Å². The van der Waals surface area contributed by atoms with Gasteiger partial charge in [0.1, 0.15) is 0 Å². The van der Waals surface area contributed by atoms with Gasteiger partial charge in [-0.15, -0.1) is 0 Å². The molecule has 0 bridgehead atoms. The standard InChI is InChI=1S/C22H26N2O2/c1-22(2,3)17-9-5-7-11-19(17)23-20(25)13-12-16-14-15-8-4-6-10-18(15)24-21(16)26/h4-11,16H,12-14H2,1-3H3,(H,23,25)(H,24,26). The minimum atomic E-state index is -0.159. The van der Waals surface area contributed by atoms with Crippen LogP contribution in [0.2, 0.25) is 0 Å². The lowest BCUT2D eigenvalue weighted by Gasteiger charge is -2.25. The second kappa shape index (κ2) is 7.32. The number of carbonyl (C=O) groups is 2. The van der Waals surface area contributed by atoms with Gasteiger partial charge in [-0.25, -0.2) is 0 Å². The molecule has 1 atom stereocenters. The average molecular weight is 350 g/mol. The van der Waals surface area contributed by atoms with Crippen LogP contribution in [0.5, 0.6) is 0 Å². The molecule has 3 rings (SSSR count). The Labute approximate surface area is 155 Å². The summed E-state index contributed by atoms with van der Waals surface area (Å²) in [7, 11) is 0. The zero-order chi connectivity index (χ0) is 18.7. The predicted octanol–water partition coefficient (Wildman–Crippen LogP) is 4.51. The molecule has 0 saturated heterocycles. The van der Waals surface area contributed by atoms with Crippen molar-refractivity contribution in [3.63, 3.8) is 0 Å². The number of anilines is 2. The number of rotatable bonds is 4. The molecule has 1 heterocycles. The molecule has 2 amide bonds. The minimum absolute atomic E-state index is 0.00610. The van der Waals surface area contributed by atoms with Gasteiger partial charge in [0.2, 0.25) is 11.8 Å². The highest BCUT2D eigenvalue weighted by Gasteiger charge is 2.26. The second-order valence-corrected chi connectivity index (χ2v) is 7.93. The van der Waals surface area contributed by atoms with Crippen molar-refractivity contribution in [2.75, 3.05) is 10.6 Å². The normalized spacial score (nSPS) is 16.6. The Kier molecular flexibility index (Phi) is 5.12. The van der Waals surface area contributed by atoms with Crippen molar-refractivity contribution < 1.29 is 9.59 Å². The maximum absolute atomic E-state index is 12.4. The van der Waals surface area contributed by atoms with Crippen LogP contribution in [0.25, 0.3) is 0 Å². The van der Waals surface area contributed by atoms with E-state index in [1.807, 2.05) is 48.5 Å². The van der Waals surface area contributed by atoms with Gasteiger partial charge in [-0.05, 0) is 41.5 Å². The number of hydrogen-bond donors (Lipinski definition) is 2. The summed E-state index contributed by atoms with van der Waals surface area (Å²) < 4.78 is 0. The zero-order valence-electron chi connectivity index (χ0n) is 15.6. The molecule has 0 fully saturated rings. The Hall–Kier alpha value is -2.62. The molecule has 0 saturated carbocycles. The molecule has 0 spiro atoms. The van der Waals surface area contributed by atoms with Crippen LogP contribution in [0.15, 0.2) is 48.5 Å². The molecule has 0 aliphatic carbocycles. The molecule has 1 aliphatic heterocycles. The lowest BCUT2D eigenvalue weighted by molar-refractivity contribution is -0.121. The van der Waals surface area contributed by atoms with Crippen LogP contribution in [0.4, 0.5) is 11.4 Å². The van der Waals surface area contributed by atoms with Crippen molar-refractivity contribution in [3.8, 4) is 0 Å². The molecule has 136 valence electrons. The van der Waals surface area contributed by atoms with Crippen molar-refractivity contribution in [3.05, 3.63) is 59.7 Å². The fourth-order valence-corrected chi connectivity index (χ4v) is 3.41. The topological polar surface area (TPSA) is 58.2 Å². The summed E-state index contributed by atoms with van der Waals surface area (Å²) in [5.74, 6) is -0.200. The summed E-state index contributed by atoms with van der Waals surface area (Å²) in [6, 6.07) is 15.7. The highest BCUT2D eigenvalue weighted by Crippen LogP contribution is 2.30. The van der Waals surface area contributed by atoms with Gasteiger partial charge in [0, 0.05) is 23.7 Å². The van der Waals surface area contributed by atoms with Gasteiger partial charge in [-0.3, -0.25) is 9.59 Å². The highest BCUT2D eigenvalue weighted by atomic mass is 16.2. The van der Waals surface area contributed by atoms with Crippen LogP contribution in [0.1, 0.15) is 44.7 Å². The monoisotopic (exact) mass is 350 g/mol. The molecule has 4 heteroatoms. The summed E-state index contributed by atoms with van der Waals surface area (Å²) in [5.41, 5.74) is 3.94. The van der Waals surface area contributed by atoms with E-state index in [1.54, 1.807) is 0 Å². The van der Waals surface area contributed by atoms with Crippen LogP contribution in [0.3, 0.4) is 0 Å². The quantitative estimate of drug-likeness (QED) is 0.852. The number of fused-ring (bicyclic) bond motifs is 1. The lowest BCUT2D eigenvalue weighted by Crippen LogP contribution is -2.30. The van der Waals surface area contributed by atoms with Crippen LogP contribution < -0.4 is 10.6 Å². The molecule has 1 unspecified atom stereocenters. The van der Waals surface area contributed by atoms with E-state index >= 15 is 0 Å². The summed E-state index contributed by atoms with van der Waals surface area (Å²) in [4.78, 5) is 24.7. The van der Waals surface area contributed by atoms with Crippen LogP contribution in [0, 0.1) is 5.92 Å². The van der Waals surface area contributed by atoms with Crippen molar-refractivity contribution in [2.24, 2.45) is 5.92 Å². The molecule has 2 aromatic rings. The van der Waals surface area contributed by atoms with Crippen molar-refractivity contribution in [2.45, 2.75) is 45.4 Å². The van der Waals surface area contributed by atoms with Crippen LogP contribution in [-0.2, 0) is 21.4 Å². The third kappa shape index (κ3) is 4.13. The fraction of sp³-hybridized carbons (Fsp3) is 0.364. The Morgan fingerprint density at radius 1 is 1.12 bits per heavy atom. The average Bonchev–Trinajstić information content (AvgIpc) is 2.59. The van der Waals surface area contributed by atoms with Crippen molar-refractivity contribution in [1.82, 2.24) is 0 Å². The first kappa shape index (κ1) is 18.2. The Morgan fingerprint density at radius 3 is 2.58 bits per heavy atom. The number of benzene rings is 2. The highest BCUT2D eigenvalue weighted by molar-refractivity contribution is 5.96. The van der Waals surface area contributed by atoms with Crippen LogP contribution in [-0.4, -0.2) is 11.8 Å². The van der Waals surface area contributed by atoms with Gasteiger partial charge in [0.15, 0.2) is 0 Å². The molecular weight excluding hydrogens is 324 g/mol. The van der Waals surface area contributed by atoms with E-state index < -0.39 is 0 Å². The van der Waals surface area contributed by atoms with Gasteiger partial charge in [0.05, 0.1) is 0 Å². The maximum Gasteiger partial charge on any atom is 0.227 e. The lowest BCUT2D eigenvalue weighted by atomic mass is 9.85. The summed E-state index contributed by atoms with van der Waals surface area (Å²) >= 11 is 0. The Morgan fingerprint density at radius 2 is 1.81 bits per heavy atom. The molecule has 26 heavy (non-hydrogen) atoms. The zero-order valence-corrected chi connectivity index (χ0v) is 15.6. The second-order valence-electron chi connectivity index (χ2n) is 7.93. The fourth-order valence-electron chi connectivity index (χ4n) is 3.41. The van der Waals surface area contributed by atoms with E-state index in [2.05, 4.69) is 31.4 Å². The Bertz CT molecular complexity index is 821. The molecular formula is C22H26N2O2. The first-order valence-corrected chi connectivity index (χ1v) is 9.13. The number of carbonyl (C=O) groups excluding carboxylic acids is 2. The number of amides is 2. The summed E-state index contributed by atoms with van der Waals surface area (Å²) in [6.07, 6.45) is 1.57.